The molecule has 1 aromatic heterocycles. The minimum absolute atomic E-state index is 0.259. The number of para-hydroxylation sites is 1. The Morgan fingerprint density at radius 3 is 2.73 bits per heavy atom. The van der Waals surface area contributed by atoms with Gasteiger partial charge in [0.1, 0.15) is 0 Å². The number of fused-ring (bicyclic) bond motifs is 1. The van der Waals surface area contributed by atoms with Crippen LogP contribution in [0.3, 0.4) is 0 Å². The molecular formula is C10H10NO3P. The van der Waals surface area contributed by atoms with Crippen molar-refractivity contribution >= 4 is 18.5 Å². The minimum Gasteiger partial charge on any atom is -0.324 e. The van der Waals surface area contributed by atoms with Crippen molar-refractivity contribution in [3.05, 3.63) is 42.1 Å². The molecule has 0 aliphatic heterocycles. The molecule has 2 rings (SSSR count). The molecule has 0 spiro atoms. The van der Waals surface area contributed by atoms with Crippen molar-refractivity contribution in [2.75, 3.05) is 0 Å². The maximum Gasteiger partial charge on any atom is 0.329 e. The zero-order valence-electron chi connectivity index (χ0n) is 7.87. The van der Waals surface area contributed by atoms with E-state index in [0.29, 0.717) is 5.56 Å². The van der Waals surface area contributed by atoms with Crippen LogP contribution >= 0.6 is 7.60 Å². The minimum atomic E-state index is -4.01. The summed E-state index contributed by atoms with van der Waals surface area (Å²) in [6, 6.07) is 9.22. The van der Waals surface area contributed by atoms with E-state index in [1.165, 1.54) is 6.20 Å². The van der Waals surface area contributed by atoms with E-state index in [-0.39, 0.29) is 6.16 Å². The van der Waals surface area contributed by atoms with Gasteiger partial charge >= 0.3 is 7.60 Å². The number of hydrogen-bond acceptors (Lipinski definition) is 2. The van der Waals surface area contributed by atoms with Gasteiger partial charge in [0.25, 0.3) is 0 Å². The number of rotatable bonds is 2. The average Bonchev–Trinajstić information content (AvgIpc) is 2.15. The van der Waals surface area contributed by atoms with E-state index in [4.69, 9.17) is 9.79 Å². The highest BCUT2D eigenvalue weighted by Gasteiger charge is 2.14. The third-order valence-electron chi connectivity index (χ3n) is 2.04. The second kappa shape index (κ2) is 3.74. The summed E-state index contributed by atoms with van der Waals surface area (Å²) in [5, 5.41) is 0.892. The Hall–Kier alpha value is -1.22. The topological polar surface area (TPSA) is 70.4 Å². The standard InChI is InChI=1S/C10H10NO3P/c12-15(13,14)7-8-5-9-3-1-2-4-10(9)11-6-8/h1-6H,7H2,(H2,12,13,14). The molecule has 4 nitrogen and oxygen atoms in total. The highest BCUT2D eigenvalue weighted by Crippen LogP contribution is 2.39. The van der Waals surface area contributed by atoms with Crippen LogP contribution in [0.5, 0.6) is 0 Å². The summed E-state index contributed by atoms with van der Waals surface area (Å²) in [7, 11) is -4.01. The lowest BCUT2D eigenvalue weighted by Crippen LogP contribution is -1.89. The molecule has 0 aliphatic rings. The first-order chi connectivity index (χ1) is 7.04. The van der Waals surface area contributed by atoms with Crippen LogP contribution in [0.15, 0.2) is 36.5 Å². The molecule has 2 N–H and O–H groups in total. The summed E-state index contributed by atoms with van der Waals surface area (Å²) in [5.41, 5.74) is 1.38. The Morgan fingerprint density at radius 2 is 2.00 bits per heavy atom. The van der Waals surface area contributed by atoms with Gasteiger partial charge in [0, 0.05) is 11.6 Å². The molecule has 0 atom stereocenters. The lowest BCUT2D eigenvalue weighted by Gasteiger charge is -2.04. The van der Waals surface area contributed by atoms with Crippen LogP contribution in [0.25, 0.3) is 10.9 Å². The fraction of sp³-hybridized carbons (Fsp3) is 0.100. The summed E-state index contributed by atoms with van der Waals surface area (Å²) < 4.78 is 10.8. The molecule has 0 amide bonds. The second-order valence-electron chi connectivity index (χ2n) is 3.36. The van der Waals surface area contributed by atoms with Crippen molar-refractivity contribution in [3.63, 3.8) is 0 Å². The quantitative estimate of drug-likeness (QED) is 0.763. The third-order valence-corrected chi connectivity index (χ3v) is 2.81. The summed E-state index contributed by atoms with van der Waals surface area (Å²) >= 11 is 0. The Kier molecular flexibility index (Phi) is 2.57. The third kappa shape index (κ3) is 2.63. The van der Waals surface area contributed by atoms with E-state index in [9.17, 15) is 4.57 Å². The Morgan fingerprint density at radius 1 is 1.27 bits per heavy atom. The van der Waals surface area contributed by atoms with E-state index < -0.39 is 7.60 Å². The molecule has 5 heteroatoms. The van der Waals surface area contributed by atoms with Gasteiger partial charge in [-0.3, -0.25) is 9.55 Å². The molecule has 0 aliphatic carbocycles. The maximum atomic E-state index is 10.8. The van der Waals surface area contributed by atoms with Crippen LogP contribution in [0.1, 0.15) is 5.56 Å². The number of pyridine rings is 1. The smallest absolute Gasteiger partial charge is 0.324 e. The van der Waals surface area contributed by atoms with E-state index in [0.717, 1.165) is 10.9 Å². The highest BCUT2D eigenvalue weighted by molar-refractivity contribution is 7.50. The van der Waals surface area contributed by atoms with Crippen molar-refractivity contribution in [2.24, 2.45) is 0 Å². The largest absolute Gasteiger partial charge is 0.329 e. The van der Waals surface area contributed by atoms with Crippen molar-refractivity contribution in [1.29, 1.82) is 0 Å². The molecule has 0 bridgehead atoms. The number of aromatic nitrogens is 1. The molecule has 1 heterocycles. The van der Waals surface area contributed by atoms with Crippen molar-refractivity contribution in [2.45, 2.75) is 6.16 Å². The van der Waals surface area contributed by atoms with E-state index in [1.54, 1.807) is 6.07 Å². The van der Waals surface area contributed by atoms with Crippen LogP contribution in [-0.4, -0.2) is 14.8 Å². The van der Waals surface area contributed by atoms with Gasteiger partial charge in [0.05, 0.1) is 11.7 Å². The Labute approximate surface area is 86.7 Å². The molecule has 0 radical (unpaired) electrons. The van der Waals surface area contributed by atoms with Gasteiger partial charge in [0.15, 0.2) is 0 Å². The normalized spacial score (nSPS) is 11.9. The van der Waals surface area contributed by atoms with Gasteiger partial charge in [0.2, 0.25) is 0 Å². The van der Waals surface area contributed by atoms with Gasteiger partial charge in [-0.2, -0.15) is 0 Å². The van der Waals surface area contributed by atoms with Crippen LogP contribution < -0.4 is 0 Å². The molecule has 0 saturated heterocycles. The average molecular weight is 223 g/mol. The fourth-order valence-corrected chi connectivity index (χ4v) is 2.09. The van der Waals surface area contributed by atoms with E-state index in [1.807, 2.05) is 24.3 Å². The summed E-state index contributed by atoms with van der Waals surface area (Å²) in [5.74, 6) is 0. The predicted octanol–water partition coefficient (Wildman–Crippen LogP) is 1.91. The molecule has 15 heavy (non-hydrogen) atoms. The molecule has 0 fully saturated rings. The molecule has 1 aromatic carbocycles. The Bertz CT molecular complexity index is 535. The second-order valence-corrected chi connectivity index (χ2v) is 5.00. The monoisotopic (exact) mass is 223 g/mol. The van der Waals surface area contributed by atoms with Crippen LogP contribution in [0, 0.1) is 0 Å². The van der Waals surface area contributed by atoms with Crippen molar-refractivity contribution in [3.8, 4) is 0 Å². The fourth-order valence-electron chi connectivity index (χ4n) is 1.44. The lowest BCUT2D eigenvalue weighted by atomic mass is 10.2. The SMILES string of the molecule is O=P(O)(O)Cc1cnc2ccccc2c1. The van der Waals surface area contributed by atoms with Crippen LogP contribution in [0.4, 0.5) is 0 Å². The van der Waals surface area contributed by atoms with Crippen LogP contribution in [-0.2, 0) is 10.7 Å². The van der Waals surface area contributed by atoms with Gasteiger partial charge < -0.3 is 9.79 Å². The maximum absolute atomic E-state index is 10.8. The Balaban J connectivity index is 2.43. The zero-order chi connectivity index (χ0) is 10.9. The molecule has 2 aromatic rings. The zero-order valence-corrected chi connectivity index (χ0v) is 8.76. The van der Waals surface area contributed by atoms with Crippen molar-refractivity contribution < 1.29 is 14.4 Å². The van der Waals surface area contributed by atoms with Gasteiger partial charge in [-0.25, -0.2) is 0 Å². The van der Waals surface area contributed by atoms with Gasteiger partial charge in [-0.1, -0.05) is 18.2 Å². The first kappa shape index (κ1) is 10.3. The molecule has 78 valence electrons. The summed E-state index contributed by atoms with van der Waals surface area (Å²) in [6.45, 7) is 0. The predicted molar refractivity (Wildman–Crippen MR) is 57.5 cm³/mol. The van der Waals surface area contributed by atoms with Crippen LogP contribution in [0.2, 0.25) is 0 Å². The van der Waals surface area contributed by atoms with Gasteiger partial charge in [-0.05, 0) is 17.7 Å². The molecule has 0 unspecified atom stereocenters. The number of hydrogen-bond donors (Lipinski definition) is 2. The number of nitrogens with zero attached hydrogens (tertiary/aromatic N) is 1. The first-order valence-corrected chi connectivity index (χ1v) is 6.23. The summed E-state index contributed by atoms with van der Waals surface area (Å²) in [6.07, 6.45) is 1.24. The molecule has 0 saturated carbocycles. The highest BCUT2D eigenvalue weighted by atomic mass is 31.2. The summed E-state index contributed by atoms with van der Waals surface area (Å²) in [4.78, 5) is 21.8. The number of benzene rings is 1. The van der Waals surface area contributed by atoms with Gasteiger partial charge in [-0.15, -0.1) is 0 Å². The van der Waals surface area contributed by atoms with Crippen molar-refractivity contribution in [1.82, 2.24) is 4.98 Å². The van der Waals surface area contributed by atoms with E-state index >= 15 is 0 Å². The first-order valence-electron chi connectivity index (χ1n) is 4.43. The van der Waals surface area contributed by atoms with E-state index in [2.05, 4.69) is 4.98 Å². The lowest BCUT2D eigenvalue weighted by molar-refractivity contribution is 0.371. The molecular weight excluding hydrogens is 213 g/mol.